The molecule has 13 heavy (non-hydrogen) atoms. The van der Waals surface area contributed by atoms with Crippen LogP contribution in [0.5, 0.6) is 0 Å². The zero-order chi connectivity index (χ0) is 9.47. The molecule has 1 aliphatic heterocycles. The first-order valence-electron chi connectivity index (χ1n) is 4.06. The average molecular weight is 180 g/mol. The van der Waals surface area contributed by atoms with Crippen LogP contribution in [0.25, 0.3) is 6.08 Å². The molecule has 1 aliphatic rings. The maximum atomic E-state index is 5.57. The van der Waals surface area contributed by atoms with Crippen LogP contribution in [-0.4, -0.2) is 17.9 Å². The molecule has 2 rings (SSSR count). The summed E-state index contributed by atoms with van der Waals surface area (Å²) in [7, 11) is 1.86. The van der Waals surface area contributed by atoms with Crippen molar-refractivity contribution in [1.29, 1.82) is 0 Å². The van der Waals surface area contributed by atoms with Crippen LogP contribution in [0.4, 0.5) is 11.7 Å². The number of hydrogen-bond acceptors (Lipinski definition) is 5. The molecule has 0 bridgehead atoms. The second-order valence-corrected chi connectivity index (χ2v) is 3.22. The van der Waals surface area contributed by atoms with Gasteiger partial charge in [-0.15, -0.1) is 0 Å². The van der Waals surface area contributed by atoms with Gasteiger partial charge in [0.2, 0.25) is 5.88 Å². The number of hydrogen-bond donors (Lipinski definition) is 3. The number of likely N-dealkylation sites (N-methyl/N-ethyl adjacent to an activating group) is 1. The van der Waals surface area contributed by atoms with Gasteiger partial charge in [-0.3, -0.25) is 5.32 Å². The smallest absolute Gasteiger partial charge is 0.235 e. The van der Waals surface area contributed by atoms with Gasteiger partial charge in [0.15, 0.2) is 5.82 Å². The molecular formula is C8H12N4O. The predicted octanol–water partition coefficient (Wildman–Crippen LogP) is 0.631. The molecule has 5 nitrogen and oxygen atoms in total. The van der Waals surface area contributed by atoms with E-state index in [0.717, 1.165) is 5.56 Å². The third-order valence-electron chi connectivity index (χ3n) is 2.23. The lowest BCUT2D eigenvalue weighted by molar-refractivity contribution is 0.416. The largest absolute Gasteiger partial charge is 0.380 e. The van der Waals surface area contributed by atoms with E-state index in [0.29, 0.717) is 11.7 Å². The summed E-state index contributed by atoms with van der Waals surface area (Å²) in [6.45, 7) is 1.99. The highest BCUT2D eigenvalue weighted by Crippen LogP contribution is 2.30. The van der Waals surface area contributed by atoms with Crippen molar-refractivity contribution in [3.8, 4) is 0 Å². The van der Waals surface area contributed by atoms with E-state index >= 15 is 0 Å². The standard InChI is InChI=1S/C8H12N4O/c1-8(10-2)4-3-5-6(9)12-13-7(5)11-8/h3-4,10-11H,1-2H3,(H2,9,12). The number of anilines is 2. The van der Waals surface area contributed by atoms with Crippen LogP contribution in [0.3, 0.4) is 0 Å². The van der Waals surface area contributed by atoms with Crippen LogP contribution < -0.4 is 16.4 Å². The molecule has 0 saturated heterocycles. The van der Waals surface area contributed by atoms with E-state index in [4.69, 9.17) is 10.3 Å². The Bertz CT molecular complexity index is 357. The Balaban J connectivity index is 2.40. The van der Waals surface area contributed by atoms with Gasteiger partial charge in [-0.25, -0.2) is 0 Å². The monoisotopic (exact) mass is 180 g/mol. The van der Waals surface area contributed by atoms with Crippen LogP contribution in [0.15, 0.2) is 10.6 Å². The fourth-order valence-electron chi connectivity index (χ4n) is 1.23. The van der Waals surface area contributed by atoms with E-state index in [2.05, 4.69) is 15.8 Å². The van der Waals surface area contributed by atoms with E-state index in [1.807, 2.05) is 26.1 Å². The third-order valence-corrected chi connectivity index (χ3v) is 2.23. The van der Waals surface area contributed by atoms with Crippen LogP contribution in [0.2, 0.25) is 0 Å². The van der Waals surface area contributed by atoms with Crippen molar-refractivity contribution in [2.45, 2.75) is 12.6 Å². The minimum absolute atomic E-state index is 0.293. The summed E-state index contributed by atoms with van der Waals surface area (Å²) in [5, 5.41) is 9.90. The maximum Gasteiger partial charge on any atom is 0.235 e. The second-order valence-electron chi connectivity index (χ2n) is 3.22. The van der Waals surface area contributed by atoms with Gasteiger partial charge in [-0.1, -0.05) is 5.16 Å². The van der Waals surface area contributed by atoms with E-state index < -0.39 is 0 Å². The van der Waals surface area contributed by atoms with Gasteiger partial charge in [0.1, 0.15) is 5.66 Å². The molecule has 1 atom stereocenters. The van der Waals surface area contributed by atoms with Crippen molar-refractivity contribution in [2.24, 2.45) is 0 Å². The molecule has 0 amide bonds. The van der Waals surface area contributed by atoms with Gasteiger partial charge >= 0.3 is 0 Å². The zero-order valence-corrected chi connectivity index (χ0v) is 7.59. The summed E-state index contributed by atoms with van der Waals surface area (Å²) in [5.74, 6) is 1.02. The zero-order valence-electron chi connectivity index (χ0n) is 7.59. The molecule has 70 valence electrons. The molecule has 0 spiro atoms. The summed E-state index contributed by atoms with van der Waals surface area (Å²) < 4.78 is 5.01. The predicted molar refractivity (Wildman–Crippen MR) is 51.0 cm³/mol. The van der Waals surface area contributed by atoms with Crippen molar-refractivity contribution < 1.29 is 4.52 Å². The molecule has 1 aromatic rings. The molecule has 5 heteroatoms. The highest BCUT2D eigenvalue weighted by Gasteiger charge is 2.26. The normalized spacial score (nSPS) is 25.4. The second kappa shape index (κ2) is 2.50. The molecule has 0 fully saturated rings. The molecule has 0 radical (unpaired) electrons. The van der Waals surface area contributed by atoms with Gasteiger partial charge in [-0.2, -0.15) is 0 Å². The molecule has 0 aromatic carbocycles. The maximum absolute atomic E-state index is 5.57. The number of nitrogens with one attached hydrogen (secondary N) is 2. The third kappa shape index (κ3) is 1.17. The summed E-state index contributed by atoms with van der Waals surface area (Å²) in [4.78, 5) is 0. The highest BCUT2D eigenvalue weighted by molar-refractivity contribution is 5.74. The first-order chi connectivity index (χ1) is 6.14. The first-order valence-corrected chi connectivity index (χ1v) is 4.06. The Morgan fingerprint density at radius 3 is 3.15 bits per heavy atom. The van der Waals surface area contributed by atoms with Crippen molar-refractivity contribution >= 4 is 17.8 Å². The number of rotatable bonds is 1. The minimum Gasteiger partial charge on any atom is -0.380 e. The average Bonchev–Trinajstić information content (AvgIpc) is 2.47. The SMILES string of the molecule is CNC1(C)C=Cc2c(N)noc2N1. The molecule has 1 aromatic heterocycles. The van der Waals surface area contributed by atoms with Gasteiger partial charge < -0.3 is 15.6 Å². The molecule has 0 saturated carbocycles. The van der Waals surface area contributed by atoms with Gasteiger partial charge in [0.25, 0.3) is 0 Å². The Hall–Kier alpha value is -1.49. The number of nitrogens with two attached hydrogens (primary N) is 1. The summed E-state index contributed by atoms with van der Waals surface area (Å²) in [5.41, 5.74) is 6.09. The fourth-order valence-corrected chi connectivity index (χ4v) is 1.23. The topological polar surface area (TPSA) is 76.1 Å². The first kappa shape index (κ1) is 8.12. The Morgan fingerprint density at radius 1 is 1.69 bits per heavy atom. The lowest BCUT2D eigenvalue weighted by atomic mass is 10.1. The molecular weight excluding hydrogens is 168 g/mol. The van der Waals surface area contributed by atoms with Crippen molar-refractivity contribution in [3.05, 3.63) is 11.6 Å². The summed E-state index contributed by atoms with van der Waals surface area (Å²) in [6.07, 6.45) is 3.87. The Kier molecular flexibility index (Phi) is 1.56. The van der Waals surface area contributed by atoms with Gasteiger partial charge in [-0.05, 0) is 26.1 Å². The summed E-state index contributed by atoms with van der Waals surface area (Å²) in [6, 6.07) is 0. The van der Waals surface area contributed by atoms with Crippen molar-refractivity contribution in [1.82, 2.24) is 10.5 Å². The Morgan fingerprint density at radius 2 is 2.46 bits per heavy atom. The fraction of sp³-hybridized carbons (Fsp3) is 0.375. The highest BCUT2D eigenvalue weighted by atomic mass is 16.5. The van der Waals surface area contributed by atoms with E-state index in [1.165, 1.54) is 0 Å². The van der Waals surface area contributed by atoms with Crippen molar-refractivity contribution in [2.75, 3.05) is 18.1 Å². The number of nitrogen functional groups attached to an aromatic ring is 1. The molecule has 0 aliphatic carbocycles. The van der Waals surface area contributed by atoms with Crippen LogP contribution >= 0.6 is 0 Å². The Labute approximate surface area is 76.0 Å². The van der Waals surface area contributed by atoms with Crippen LogP contribution in [0, 0.1) is 0 Å². The van der Waals surface area contributed by atoms with Gasteiger partial charge in [0.05, 0.1) is 5.56 Å². The number of nitrogens with zero attached hydrogens (tertiary/aromatic N) is 1. The van der Waals surface area contributed by atoms with Gasteiger partial charge in [0, 0.05) is 0 Å². The lowest BCUT2D eigenvalue weighted by Crippen LogP contribution is -2.46. The van der Waals surface area contributed by atoms with E-state index in [-0.39, 0.29) is 5.66 Å². The van der Waals surface area contributed by atoms with E-state index in [1.54, 1.807) is 0 Å². The number of fused-ring (bicyclic) bond motifs is 1. The van der Waals surface area contributed by atoms with Crippen LogP contribution in [0.1, 0.15) is 12.5 Å². The number of aromatic nitrogens is 1. The van der Waals surface area contributed by atoms with Crippen molar-refractivity contribution in [3.63, 3.8) is 0 Å². The minimum atomic E-state index is -0.293. The molecule has 4 N–H and O–H groups in total. The van der Waals surface area contributed by atoms with Crippen LogP contribution in [-0.2, 0) is 0 Å². The molecule has 2 heterocycles. The lowest BCUT2D eigenvalue weighted by Gasteiger charge is -2.29. The molecule has 1 unspecified atom stereocenters. The summed E-state index contributed by atoms with van der Waals surface area (Å²) >= 11 is 0. The van der Waals surface area contributed by atoms with E-state index in [9.17, 15) is 0 Å². The quantitative estimate of drug-likeness (QED) is 0.591.